The molecule has 1 N–H and O–H groups in total. The third kappa shape index (κ3) is 2.34. The third-order valence-electron chi connectivity index (χ3n) is 2.49. The van der Waals surface area contributed by atoms with E-state index in [1.165, 1.54) is 11.1 Å². The monoisotopic (exact) mass is 191 g/mol. The summed E-state index contributed by atoms with van der Waals surface area (Å²) in [4.78, 5) is 10.4. The topological polar surface area (TPSA) is 29.1 Å². The molecule has 1 aromatic rings. The van der Waals surface area contributed by atoms with Crippen molar-refractivity contribution in [2.75, 3.05) is 0 Å². The van der Waals surface area contributed by atoms with Crippen LogP contribution in [0, 0.1) is 0 Å². The number of hydrogen-bond donors (Lipinski definition) is 1. The van der Waals surface area contributed by atoms with E-state index < -0.39 is 0 Å². The second-order valence-electron chi connectivity index (χ2n) is 3.30. The second-order valence-corrected chi connectivity index (χ2v) is 3.30. The fourth-order valence-electron chi connectivity index (χ4n) is 1.71. The summed E-state index contributed by atoms with van der Waals surface area (Å²) in [5, 5.41) is 2.84. The summed E-state index contributed by atoms with van der Waals surface area (Å²) in [5.41, 5.74) is 2.55. The Hall–Kier alpha value is -1.31. The van der Waals surface area contributed by atoms with Crippen LogP contribution in [0.1, 0.15) is 37.4 Å². The van der Waals surface area contributed by atoms with Crippen LogP contribution in [0.15, 0.2) is 24.3 Å². The van der Waals surface area contributed by atoms with Gasteiger partial charge in [-0.2, -0.15) is 0 Å². The summed E-state index contributed by atoms with van der Waals surface area (Å²) >= 11 is 0. The van der Waals surface area contributed by atoms with Crippen LogP contribution in [-0.4, -0.2) is 6.41 Å². The molecule has 1 rings (SSSR count). The number of hydrogen-bond acceptors (Lipinski definition) is 1. The lowest BCUT2D eigenvalue weighted by molar-refractivity contribution is -0.110. The van der Waals surface area contributed by atoms with Crippen LogP contribution in [0.5, 0.6) is 0 Å². The fraction of sp³-hybridized carbons (Fsp3) is 0.417. The molecule has 1 amide bonds. The van der Waals surface area contributed by atoms with Crippen molar-refractivity contribution in [3.8, 4) is 0 Å². The van der Waals surface area contributed by atoms with Crippen LogP contribution in [0.3, 0.4) is 0 Å². The number of carbonyl (C=O) groups excluding carboxylic acids is 1. The first-order valence-electron chi connectivity index (χ1n) is 5.11. The van der Waals surface area contributed by atoms with Crippen LogP contribution >= 0.6 is 0 Å². The number of carbonyl (C=O) groups is 1. The Morgan fingerprint density at radius 3 is 2.64 bits per heavy atom. The minimum absolute atomic E-state index is 0.156. The normalized spacial score (nSPS) is 12.1. The summed E-state index contributed by atoms with van der Waals surface area (Å²) < 4.78 is 0. The van der Waals surface area contributed by atoms with Crippen molar-refractivity contribution in [3.05, 3.63) is 35.4 Å². The highest BCUT2D eigenvalue weighted by molar-refractivity contribution is 5.48. The molecule has 2 heteroatoms. The molecule has 0 saturated carbocycles. The van der Waals surface area contributed by atoms with E-state index in [1.54, 1.807) is 0 Å². The number of amides is 1. The molecular formula is C12H17NO. The Balaban J connectivity index is 2.95. The largest absolute Gasteiger partial charge is 0.352 e. The first-order valence-corrected chi connectivity index (χ1v) is 5.11. The molecule has 0 aliphatic rings. The van der Waals surface area contributed by atoms with Crippen LogP contribution < -0.4 is 5.32 Å². The van der Waals surface area contributed by atoms with Gasteiger partial charge in [-0.05, 0) is 24.0 Å². The van der Waals surface area contributed by atoms with Gasteiger partial charge < -0.3 is 5.32 Å². The quantitative estimate of drug-likeness (QED) is 0.712. The van der Waals surface area contributed by atoms with Crippen LogP contribution in [-0.2, 0) is 11.2 Å². The van der Waals surface area contributed by atoms with Crippen molar-refractivity contribution in [1.29, 1.82) is 0 Å². The van der Waals surface area contributed by atoms with Gasteiger partial charge in [0.2, 0.25) is 6.41 Å². The molecule has 1 atom stereocenters. The third-order valence-corrected chi connectivity index (χ3v) is 2.49. The van der Waals surface area contributed by atoms with Crippen molar-refractivity contribution in [1.82, 2.24) is 5.32 Å². The van der Waals surface area contributed by atoms with E-state index in [2.05, 4.69) is 31.3 Å². The second kappa shape index (κ2) is 5.43. The van der Waals surface area contributed by atoms with Gasteiger partial charge in [-0.25, -0.2) is 0 Å². The molecular weight excluding hydrogens is 174 g/mol. The Bertz CT molecular complexity index is 296. The first kappa shape index (κ1) is 10.8. The van der Waals surface area contributed by atoms with E-state index >= 15 is 0 Å². The number of rotatable bonds is 5. The van der Waals surface area contributed by atoms with Crippen LogP contribution in [0.2, 0.25) is 0 Å². The van der Waals surface area contributed by atoms with E-state index in [0.717, 1.165) is 19.3 Å². The highest BCUT2D eigenvalue weighted by atomic mass is 16.1. The predicted molar refractivity (Wildman–Crippen MR) is 58.1 cm³/mol. The average molecular weight is 191 g/mol. The van der Waals surface area contributed by atoms with Gasteiger partial charge in [0.1, 0.15) is 0 Å². The van der Waals surface area contributed by atoms with Crippen molar-refractivity contribution in [2.45, 2.75) is 32.7 Å². The number of benzene rings is 1. The molecule has 0 bridgehead atoms. The smallest absolute Gasteiger partial charge is 0.207 e. The lowest BCUT2D eigenvalue weighted by Gasteiger charge is -2.17. The van der Waals surface area contributed by atoms with Crippen molar-refractivity contribution < 1.29 is 4.79 Å². The Labute approximate surface area is 85.3 Å². The molecule has 1 aromatic carbocycles. The molecule has 0 radical (unpaired) electrons. The molecule has 1 unspecified atom stereocenters. The Morgan fingerprint density at radius 1 is 1.36 bits per heavy atom. The molecule has 14 heavy (non-hydrogen) atoms. The van der Waals surface area contributed by atoms with Gasteiger partial charge in [-0.15, -0.1) is 0 Å². The van der Waals surface area contributed by atoms with Crippen LogP contribution in [0.4, 0.5) is 0 Å². The molecule has 0 fully saturated rings. The standard InChI is InChI=1S/C12H17NO/c1-3-10-7-5-6-8-11(10)12(4-2)13-9-14/h5-9,12H,3-4H2,1-2H3,(H,13,14). The zero-order chi connectivity index (χ0) is 10.4. The zero-order valence-electron chi connectivity index (χ0n) is 8.79. The predicted octanol–water partition coefficient (Wildman–Crippen LogP) is 2.45. The maximum Gasteiger partial charge on any atom is 0.207 e. The SMILES string of the molecule is CCc1ccccc1C(CC)NC=O. The minimum atomic E-state index is 0.156. The van der Waals surface area contributed by atoms with Gasteiger partial charge in [-0.1, -0.05) is 38.1 Å². The molecule has 76 valence electrons. The van der Waals surface area contributed by atoms with E-state index in [9.17, 15) is 4.79 Å². The fourth-order valence-corrected chi connectivity index (χ4v) is 1.71. The highest BCUT2D eigenvalue weighted by Gasteiger charge is 2.10. The van der Waals surface area contributed by atoms with E-state index in [4.69, 9.17) is 0 Å². The Morgan fingerprint density at radius 2 is 2.07 bits per heavy atom. The van der Waals surface area contributed by atoms with E-state index in [0.29, 0.717) is 0 Å². The van der Waals surface area contributed by atoms with Crippen LogP contribution in [0.25, 0.3) is 0 Å². The number of nitrogens with one attached hydrogen (secondary N) is 1. The molecule has 0 heterocycles. The Kier molecular flexibility index (Phi) is 4.17. The zero-order valence-corrected chi connectivity index (χ0v) is 8.79. The summed E-state index contributed by atoms with van der Waals surface area (Å²) in [6.07, 6.45) is 2.71. The number of aryl methyl sites for hydroxylation is 1. The van der Waals surface area contributed by atoms with Gasteiger partial charge in [0, 0.05) is 0 Å². The summed E-state index contributed by atoms with van der Waals surface area (Å²) in [5.74, 6) is 0. The molecule has 0 saturated heterocycles. The average Bonchev–Trinajstić information content (AvgIpc) is 2.26. The molecule has 0 spiro atoms. The van der Waals surface area contributed by atoms with Gasteiger partial charge in [-0.3, -0.25) is 4.79 Å². The van der Waals surface area contributed by atoms with Gasteiger partial charge in [0.05, 0.1) is 6.04 Å². The minimum Gasteiger partial charge on any atom is -0.352 e. The maximum atomic E-state index is 10.4. The molecule has 2 nitrogen and oxygen atoms in total. The van der Waals surface area contributed by atoms with Crippen molar-refractivity contribution >= 4 is 6.41 Å². The lowest BCUT2D eigenvalue weighted by atomic mass is 9.97. The maximum absolute atomic E-state index is 10.4. The van der Waals surface area contributed by atoms with Gasteiger partial charge in [0.25, 0.3) is 0 Å². The molecule has 0 aliphatic carbocycles. The summed E-state index contributed by atoms with van der Waals surface area (Å²) in [6.45, 7) is 4.21. The molecule has 0 aliphatic heterocycles. The van der Waals surface area contributed by atoms with E-state index in [-0.39, 0.29) is 6.04 Å². The van der Waals surface area contributed by atoms with E-state index in [1.807, 2.05) is 12.1 Å². The van der Waals surface area contributed by atoms with Crippen molar-refractivity contribution in [3.63, 3.8) is 0 Å². The van der Waals surface area contributed by atoms with Crippen molar-refractivity contribution in [2.24, 2.45) is 0 Å². The molecule has 0 aromatic heterocycles. The highest BCUT2D eigenvalue weighted by Crippen LogP contribution is 2.20. The van der Waals surface area contributed by atoms with Gasteiger partial charge in [0.15, 0.2) is 0 Å². The summed E-state index contributed by atoms with van der Waals surface area (Å²) in [6, 6.07) is 8.41. The summed E-state index contributed by atoms with van der Waals surface area (Å²) in [7, 11) is 0. The first-order chi connectivity index (χ1) is 6.83. The lowest BCUT2D eigenvalue weighted by Crippen LogP contribution is -2.19. The van der Waals surface area contributed by atoms with Gasteiger partial charge >= 0.3 is 0 Å².